The Labute approximate surface area is 135 Å². The van der Waals surface area contributed by atoms with E-state index >= 15 is 0 Å². The number of halogens is 2. The number of hydrogen-bond acceptors (Lipinski definition) is 4. The number of benzene rings is 1. The monoisotopic (exact) mass is 418 g/mol. The number of nitrogens with one attached hydrogen (secondary N) is 1. The molecule has 1 aromatic carbocycles. The van der Waals surface area contributed by atoms with E-state index in [0.29, 0.717) is 11.3 Å². The predicted molar refractivity (Wildman–Crippen MR) is 83.6 cm³/mol. The second kappa shape index (κ2) is 6.02. The number of aryl methyl sites for hydroxylation is 1. The summed E-state index contributed by atoms with van der Waals surface area (Å²) in [6, 6.07) is 5.10. The first-order valence-electron chi connectivity index (χ1n) is 5.35. The molecule has 1 aromatic heterocycles. The van der Waals surface area contributed by atoms with Crippen LogP contribution in [-0.2, 0) is 0 Å². The van der Waals surface area contributed by atoms with E-state index in [9.17, 15) is 9.59 Å². The SMILES string of the molecule is Cc1nsc(NC(=O)c2cc(Br)cc(Br)c2)c1C(=O)O. The predicted octanol–water partition coefficient (Wildman–Crippen LogP) is 3.93. The molecule has 104 valence electrons. The number of anilines is 1. The first kappa shape index (κ1) is 15.1. The molecule has 2 aromatic rings. The van der Waals surface area contributed by atoms with Gasteiger partial charge in [0.1, 0.15) is 10.6 Å². The molecule has 1 heterocycles. The summed E-state index contributed by atoms with van der Waals surface area (Å²) in [6.45, 7) is 1.59. The summed E-state index contributed by atoms with van der Waals surface area (Å²) in [5, 5.41) is 11.9. The standard InChI is InChI=1S/C12H8Br2N2O3S/c1-5-9(12(18)19)11(20-16-5)15-10(17)6-2-7(13)4-8(14)3-6/h2-4H,1H3,(H,15,17)(H,18,19). The third kappa shape index (κ3) is 3.25. The van der Waals surface area contributed by atoms with Gasteiger partial charge in [0, 0.05) is 14.5 Å². The van der Waals surface area contributed by atoms with Crippen LogP contribution in [-0.4, -0.2) is 21.4 Å². The molecule has 0 saturated heterocycles. The molecule has 2 N–H and O–H groups in total. The van der Waals surface area contributed by atoms with Crippen molar-refractivity contribution in [2.45, 2.75) is 6.92 Å². The van der Waals surface area contributed by atoms with E-state index in [-0.39, 0.29) is 10.6 Å². The van der Waals surface area contributed by atoms with E-state index in [1.165, 1.54) is 0 Å². The van der Waals surface area contributed by atoms with Crippen molar-refractivity contribution in [1.82, 2.24) is 4.37 Å². The van der Waals surface area contributed by atoms with Gasteiger partial charge in [0.05, 0.1) is 5.69 Å². The van der Waals surface area contributed by atoms with Crippen molar-refractivity contribution in [3.63, 3.8) is 0 Å². The highest BCUT2D eigenvalue weighted by Crippen LogP contribution is 2.26. The summed E-state index contributed by atoms with van der Waals surface area (Å²) in [6.07, 6.45) is 0. The van der Waals surface area contributed by atoms with Gasteiger partial charge in [0.25, 0.3) is 5.91 Å². The van der Waals surface area contributed by atoms with Crippen LogP contribution in [0.15, 0.2) is 27.1 Å². The number of rotatable bonds is 3. The largest absolute Gasteiger partial charge is 0.478 e. The molecule has 0 saturated carbocycles. The number of carbonyl (C=O) groups is 2. The molecule has 0 radical (unpaired) electrons. The fourth-order valence-corrected chi connectivity index (χ4v) is 3.64. The molecule has 20 heavy (non-hydrogen) atoms. The van der Waals surface area contributed by atoms with Crippen LogP contribution in [0, 0.1) is 6.92 Å². The minimum atomic E-state index is -1.11. The Kier molecular flexibility index (Phi) is 4.56. The molecule has 8 heteroatoms. The molecule has 1 amide bonds. The zero-order valence-corrected chi connectivity index (χ0v) is 14.1. The number of amides is 1. The molecule has 2 rings (SSSR count). The molecule has 0 aliphatic heterocycles. The molecule has 0 aliphatic rings. The lowest BCUT2D eigenvalue weighted by atomic mass is 10.2. The lowest BCUT2D eigenvalue weighted by molar-refractivity contribution is 0.0697. The van der Waals surface area contributed by atoms with Crippen molar-refractivity contribution >= 4 is 60.3 Å². The highest BCUT2D eigenvalue weighted by atomic mass is 79.9. The van der Waals surface area contributed by atoms with E-state index in [1.807, 2.05) is 0 Å². The van der Waals surface area contributed by atoms with Gasteiger partial charge in [0.2, 0.25) is 0 Å². The number of aromatic nitrogens is 1. The Morgan fingerprint density at radius 2 is 1.85 bits per heavy atom. The van der Waals surface area contributed by atoms with E-state index in [0.717, 1.165) is 20.5 Å². The molecule has 0 fully saturated rings. The van der Waals surface area contributed by atoms with Crippen LogP contribution >= 0.6 is 43.4 Å². The van der Waals surface area contributed by atoms with Crippen LogP contribution < -0.4 is 5.32 Å². The maximum Gasteiger partial charge on any atom is 0.340 e. The summed E-state index contributed by atoms with van der Waals surface area (Å²) in [7, 11) is 0. The molecule has 0 aliphatic carbocycles. The fourth-order valence-electron chi connectivity index (χ4n) is 1.57. The van der Waals surface area contributed by atoms with Gasteiger partial charge in [-0.05, 0) is 36.7 Å². The van der Waals surface area contributed by atoms with Crippen LogP contribution in [0.1, 0.15) is 26.4 Å². The molecule has 5 nitrogen and oxygen atoms in total. The van der Waals surface area contributed by atoms with E-state index in [1.54, 1.807) is 25.1 Å². The van der Waals surface area contributed by atoms with Gasteiger partial charge in [-0.25, -0.2) is 4.79 Å². The average molecular weight is 420 g/mol. The molecular formula is C12H8Br2N2O3S. The zero-order chi connectivity index (χ0) is 14.9. The summed E-state index contributed by atoms with van der Waals surface area (Å²) >= 11 is 7.54. The van der Waals surface area contributed by atoms with Crippen LogP contribution in [0.5, 0.6) is 0 Å². The Morgan fingerprint density at radius 3 is 2.40 bits per heavy atom. The molecular weight excluding hydrogens is 412 g/mol. The van der Waals surface area contributed by atoms with Crippen molar-refractivity contribution in [3.8, 4) is 0 Å². The topological polar surface area (TPSA) is 79.3 Å². The second-order valence-corrected chi connectivity index (χ2v) is 6.49. The Hall–Kier alpha value is -1.25. The van der Waals surface area contributed by atoms with Gasteiger partial charge in [0.15, 0.2) is 0 Å². The Bertz CT molecular complexity index is 680. The third-order valence-electron chi connectivity index (χ3n) is 2.43. The first-order valence-corrected chi connectivity index (χ1v) is 7.71. The summed E-state index contributed by atoms with van der Waals surface area (Å²) in [5.74, 6) is -1.50. The van der Waals surface area contributed by atoms with Crippen LogP contribution in [0.4, 0.5) is 5.00 Å². The van der Waals surface area contributed by atoms with Crippen molar-refractivity contribution in [1.29, 1.82) is 0 Å². The smallest absolute Gasteiger partial charge is 0.340 e. The lowest BCUT2D eigenvalue weighted by Gasteiger charge is -2.05. The minimum Gasteiger partial charge on any atom is -0.478 e. The minimum absolute atomic E-state index is 0.0254. The van der Waals surface area contributed by atoms with Gasteiger partial charge in [-0.1, -0.05) is 31.9 Å². The summed E-state index contributed by atoms with van der Waals surface area (Å²) in [4.78, 5) is 23.3. The van der Waals surface area contributed by atoms with E-state index in [2.05, 4.69) is 41.6 Å². The number of carboxylic acids is 1. The number of nitrogens with zero attached hydrogens (tertiary/aromatic N) is 1. The van der Waals surface area contributed by atoms with Crippen LogP contribution in [0.2, 0.25) is 0 Å². The van der Waals surface area contributed by atoms with Gasteiger partial charge < -0.3 is 10.4 Å². The third-order valence-corrected chi connectivity index (χ3v) is 4.20. The highest BCUT2D eigenvalue weighted by Gasteiger charge is 2.20. The van der Waals surface area contributed by atoms with E-state index in [4.69, 9.17) is 5.11 Å². The number of hydrogen-bond donors (Lipinski definition) is 2. The first-order chi connectivity index (χ1) is 9.38. The average Bonchev–Trinajstić information content (AvgIpc) is 2.69. The normalized spacial score (nSPS) is 10.3. The van der Waals surface area contributed by atoms with Gasteiger partial charge in [-0.3, -0.25) is 4.79 Å². The highest BCUT2D eigenvalue weighted by molar-refractivity contribution is 9.11. The van der Waals surface area contributed by atoms with Gasteiger partial charge >= 0.3 is 5.97 Å². The molecule has 0 bridgehead atoms. The molecule has 0 unspecified atom stereocenters. The van der Waals surface area contributed by atoms with Crippen molar-refractivity contribution in [2.24, 2.45) is 0 Å². The Morgan fingerprint density at radius 1 is 1.25 bits per heavy atom. The fraction of sp³-hybridized carbons (Fsp3) is 0.0833. The maximum absolute atomic E-state index is 12.1. The van der Waals surface area contributed by atoms with E-state index < -0.39 is 11.9 Å². The maximum atomic E-state index is 12.1. The second-order valence-electron chi connectivity index (χ2n) is 3.89. The van der Waals surface area contributed by atoms with Crippen molar-refractivity contribution < 1.29 is 14.7 Å². The van der Waals surface area contributed by atoms with Crippen molar-refractivity contribution in [3.05, 3.63) is 44.0 Å². The number of carboxylic acid groups (broad SMARTS) is 1. The zero-order valence-electron chi connectivity index (χ0n) is 10.1. The van der Waals surface area contributed by atoms with Crippen LogP contribution in [0.3, 0.4) is 0 Å². The lowest BCUT2D eigenvalue weighted by Crippen LogP contribution is -2.13. The summed E-state index contributed by atoms with van der Waals surface area (Å²) in [5.41, 5.74) is 0.819. The Balaban J connectivity index is 2.30. The molecule has 0 spiro atoms. The van der Waals surface area contributed by atoms with Gasteiger partial charge in [-0.2, -0.15) is 4.37 Å². The number of aromatic carboxylic acids is 1. The van der Waals surface area contributed by atoms with Gasteiger partial charge in [-0.15, -0.1) is 0 Å². The van der Waals surface area contributed by atoms with Crippen LogP contribution in [0.25, 0.3) is 0 Å². The van der Waals surface area contributed by atoms with Crippen molar-refractivity contribution in [2.75, 3.05) is 5.32 Å². The summed E-state index contributed by atoms with van der Waals surface area (Å²) < 4.78 is 5.44. The quantitative estimate of drug-likeness (QED) is 0.789. The number of carbonyl (C=O) groups excluding carboxylic acids is 1. The molecule has 0 atom stereocenters.